The minimum absolute atomic E-state index is 0.484. The molecule has 108 valence electrons. The minimum Gasteiger partial charge on any atom is -0.407 e. The Balaban J connectivity index is 1.73. The Kier molecular flexibility index (Phi) is 6.10. The van der Waals surface area contributed by atoms with Crippen LogP contribution in [0.3, 0.4) is 0 Å². The molecule has 6 heteroatoms. The molecule has 1 aromatic heterocycles. The fourth-order valence-electron chi connectivity index (χ4n) is 2.35. The van der Waals surface area contributed by atoms with Gasteiger partial charge in [-0.15, -0.1) is 5.10 Å². The number of aromatic nitrogens is 2. The zero-order chi connectivity index (χ0) is 13.3. The molecule has 0 radical (unpaired) electrons. The molecule has 2 N–H and O–H groups in total. The highest BCUT2D eigenvalue weighted by Crippen LogP contribution is 2.20. The van der Waals surface area contributed by atoms with Crippen molar-refractivity contribution in [3.63, 3.8) is 0 Å². The molecule has 1 aromatic rings. The summed E-state index contributed by atoms with van der Waals surface area (Å²) in [6.45, 7) is 2.05. The monoisotopic (exact) mass is 268 g/mol. The third kappa shape index (κ3) is 5.16. The zero-order valence-corrected chi connectivity index (χ0v) is 11.7. The van der Waals surface area contributed by atoms with E-state index in [9.17, 15) is 0 Å². The van der Waals surface area contributed by atoms with Gasteiger partial charge in [-0.3, -0.25) is 0 Å². The van der Waals surface area contributed by atoms with Crippen molar-refractivity contribution < 1.29 is 9.15 Å². The molecule has 1 fully saturated rings. The van der Waals surface area contributed by atoms with Crippen LogP contribution in [0.1, 0.15) is 44.4 Å². The first-order valence-electron chi connectivity index (χ1n) is 7.17. The molecular weight excluding hydrogens is 244 g/mol. The summed E-state index contributed by atoms with van der Waals surface area (Å²) in [5.41, 5.74) is 0. The Bertz CT molecular complexity index is 348. The van der Waals surface area contributed by atoms with Gasteiger partial charge in [-0.2, -0.15) is 0 Å². The summed E-state index contributed by atoms with van der Waals surface area (Å²) in [6.07, 6.45) is 7.66. The van der Waals surface area contributed by atoms with Crippen molar-refractivity contribution in [3.05, 3.63) is 5.89 Å². The summed E-state index contributed by atoms with van der Waals surface area (Å²) in [6, 6.07) is 1.03. The Morgan fingerprint density at radius 3 is 2.74 bits per heavy atom. The number of rotatable bonds is 7. The average Bonchev–Trinajstić information content (AvgIpc) is 2.69. The van der Waals surface area contributed by atoms with Gasteiger partial charge in [-0.05, 0) is 12.8 Å². The van der Waals surface area contributed by atoms with Crippen molar-refractivity contribution in [1.82, 2.24) is 15.5 Å². The molecule has 0 bridgehead atoms. The van der Waals surface area contributed by atoms with Crippen LogP contribution in [0.4, 0.5) is 6.01 Å². The summed E-state index contributed by atoms with van der Waals surface area (Å²) < 4.78 is 10.5. The summed E-state index contributed by atoms with van der Waals surface area (Å²) in [5.74, 6) is 0.618. The van der Waals surface area contributed by atoms with Crippen LogP contribution in [-0.4, -0.2) is 36.5 Å². The molecule has 1 aliphatic carbocycles. The fraction of sp³-hybridized carbons (Fsp3) is 0.846. The van der Waals surface area contributed by atoms with Crippen molar-refractivity contribution in [2.24, 2.45) is 0 Å². The molecular formula is C13H24N4O2. The van der Waals surface area contributed by atoms with E-state index in [2.05, 4.69) is 20.8 Å². The molecule has 1 aliphatic rings. The molecule has 1 saturated carbocycles. The number of nitrogens with zero attached hydrogens (tertiary/aromatic N) is 2. The van der Waals surface area contributed by atoms with E-state index in [0.717, 1.165) is 6.54 Å². The molecule has 2 rings (SSSR count). The summed E-state index contributed by atoms with van der Waals surface area (Å²) in [7, 11) is 1.68. The highest BCUT2D eigenvalue weighted by atomic mass is 16.5. The molecule has 6 nitrogen and oxygen atoms in total. The van der Waals surface area contributed by atoms with E-state index in [1.54, 1.807) is 7.11 Å². The largest absolute Gasteiger partial charge is 0.407 e. The lowest BCUT2D eigenvalue weighted by atomic mass is 10.1. The predicted octanol–water partition coefficient (Wildman–Crippen LogP) is 1.94. The molecule has 1 heterocycles. The number of methoxy groups -OCH3 is 1. The summed E-state index contributed by atoms with van der Waals surface area (Å²) in [5, 5.41) is 14.6. The van der Waals surface area contributed by atoms with Gasteiger partial charge in [-0.25, -0.2) is 0 Å². The van der Waals surface area contributed by atoms with E-state index in [0.29, 0.717) is 31.1 Å². The standard InChI is InChI=1S/C13H24N4O2/c1-18-9-8-14-10-12-16-17-13(19-12)15-11-6-4-2-3-5-7-11/h11,14H,2-10H2,1H3,(H,15,17). The van der Waals surface area contributed by atoms with Gasteiger partial charge in [0.2, 0.25) is 5.89 Å². The molecule has 0 amide bonds. The topological polar surface area (TPSA) is 72.2 Å². The molecule has 0 unspecified atom stereocenters. The number of ether oxygens (including phenoxy) is 1. The van der Waals surface area contributed by atoms with Crippen molar-refractivity contribution >= 4 is 6.01 Å². The highest BCUT2D eigenvalue weighted by molar-refractivity contribution is 5.19. The van der Waals surface area contributed by atoms with Gasteiger partial charge in [0.25, 0.3) is 0 Å². The normalized spacial score (nSPS) is 17.3. The van der Waals surface area contributed by atoms with Crippen LogP contribution in [0.2, 0.25) is 0 Å². The van der Waals surface area contributed by atoms with Crippen molar-refractivity contribution in [2.45, 2.75) is 51.1 Å². The lowest BCUT2D eigenvalue weighted by molar-refractivity contribution is 0.198. The Morgan fingerprint density at radius 1 is 1.21 bits per heavy atom. The molecule has 0 aliphatic heterocycles. The first kappa shape index (κ1) is 14.3. The zero-order valence-electron chi connectivity index (χ0n) is 11.7. The lowest BCUT2D eigenvalue weighted by Crippen LogP contribution is -2.19. The number of anilines is 1. The molecule has 0 atom stereocenters. The van der Waals surface area contributed by atoms with Gasteiger partial charge in [-0.1, -0.05) is 30.8 Å². The van der Waals surface area contributed by atoms with E-state index in [1.807, 2.05) is 0 Å². The smallest absolute Gasteiger partial charge is 0.315 e. The van der Waals surface area contributed by atoms with Gasteiger partial charge >= 0.3 is 6.01 Å². The summed E-state index contributed by atoms with van der Waals surface area (Å²) in [4.78, 5) is 0. The predicted molar refractivity (Wildman–Crippen MR) is 73.0 cm³/mol. The van der Waals surface area contributed by atoms with Gasteiger partial charge in [0, 0.05) is 19.7 Å². The maximum Gasteiger partial charge on any atom is 0.315 e. The molecule has 0 aromatic carbocycles. The van der Waals surface area contributed by atoms with Gasteiger partial charge in [0.1, 0.15) is 0 Å². The minimum atomic E-state index is 0.484. The Morgan fingerprint density at radius 2 is 2.00 bits per heavy atom. The first-order chi connectivity index (χ1) is 9.38. The Labute approximate surface area is 114 Å². The van der Waals surface area contributed by atoms with E-state index >= 15 is 0 Å². The second-order valence-corrected chi connectivity index (χ2v) is 5.00. The third-order valence-electron chi connectivity index (χ3n) is 3.41. The maximum absolute atomic E-state index is 5.57. The quantitative estimate of drug-likeness (QED) is 0.581. The third-order valence-corrected chi connectivity index (χ3v) is 3.41. The Hall–Kier alpha value is -1.14. The van der Waals surface area contributed by atoms with Crippen LogP contribution in [0.15, 0.2) is 4.42 Å². The van der Waals surface area contributed by atoms with Crippen molar-refractivity contribution in [1.29, 1.82) is 0 Å². The highest BCUT2D eigenvalue weighted by Gasteiger charge is 2.14. The van der Waals surface area contributed by atoms with Crippen LogP contribution >= 0.6 is 0 Å². The molecule has 19 heavy (non-hydrogen) atoms. The van der Waals surface area contributed by atoms with Crippen LogP contribution in [0.5, 0.6) is 0 Å². The van der Waals surface area contributed by atoms with Gasteiger partial charge in [0.05, 0.1) is 13.2 Å². The molecule has 0 saturated heterocycles. The van der Waals surface area contributed by atoms with E-state index in [1.165, 1.54) is 38.5 Å². The summed E-state index contributed by atoms with van der Waals surface area (Å²) >= 11 is 0. The SMILES string of the molecule is COCCNCc1nnc(NC2CCCCCC2)o1. The lowest BCUT2D eigenvalue weighted by Gasteiger charge is -2.13. The van der Waals surface area contributed by atoms with Gasteiger partial charge < -0.3 is 19.8 Å². The van der Waals surface area contributed by atoms with E-state index < -0.39 is 0 Å². The van der Waals surface area contributed by atoms with Gasteiger partial charge in [0.15, 0.2) is 0 Å². The second kappa shape index (κ2) is 8.12. The number of nitrogens with one attached hydrogen (secondary N) is 2. The fourth-order valence-corrected chi connectivity index (χ4v) is 2.35. The van der Waals surface area contributed by atoms with Crippen LogP contribution in [0.25, 0.3) is 0 Å². The van der Waals surface area contributed by atoms with Crippen molar-refractivity contribution in [3.8, 4) is 0 Å². The number of hydrogen-bond donors (Lipinski definition) is 2. The maximum atomic E-state index is 5.57. The van der Waals surface area contributed by atoms with Crippen LogP contribution in [-0.2, 0) is 11.3 Å². The van der Waals surface area contributed by atoms with E-state index in [4.69, 9.17) is 9.15 Å². The average molecular weight is 268 g/mol. The second-order valence-electron chi connectivity index (χ2n) is 5.00. The van der Waals surface area contributed by atoms with Crippen molar-refractivity contribution in [2.75, 3.05) is 25.6 Å². The van der Waals surface area contributed by atoms with E-state index in [-0.39, 0.29) is 0 Å². The van der Waals surface area contributed by atoms with Crippen LogP contribution < -0.4 is 10.6 Å². The van der Waals surface area contributed by atoms with Crippen LogP contribution in [0, 0.1) is 0 Å². The first-order valence-corrected chi connectivity index (χ1v) is 7.17. The number of hydrogen-bond acceptors (Lipinski definition) is 6. The molecule has 0 spiro atoms.